The molecule has 0 aliphatic carbocycles. The van der Waals surface area contributed by atoms with Crippen LogP contribution in [0.1, 0.15) is 33.3 Å². The maximum Gasteiger partial charge on any atom is 0.265 e. The molecule has 1 amide bonds. The molecule has 0 saturated carbocycles. The van der Waals surface area contributed by atoms with Gasteiger partial charge in [0.15, 0.2) is 6.10 Å². The topological polar surface area (TPSA) is 38.3 Å². The van der Waals surface area contributed by atoms with Gasteiger partial charge in [-0.25, -0.2) is 0 Å². The van der Waals surface area contributed by atoms with Crippen molar-refractivity contribution in [1.82, 2.24) is 0 Å². The van der Waals surface area contributed by atoms with Gasteiger partial charge >= 0.3 is 0 Å². The number of carbonyl (C=O) groups excluding carboxylic acids is 1. The first-order valence-electron chi connectivity index (χ1n) is 8.02. The number of ether oxygens (including phenoxy) is 1. The third-order valence-electron chi connectivity index (χ3n) is 3.74. The minimum atomic E-state index is -0.566. The molecule has 2 aromatic carbocycles. The number of benzene rings is 2. The van der Waals surface area contributed by atoms with Crippen molar-refractivity contribution >= 4 is 23.4 Å². The molecule has 0 spiro atoms. The summed E-state index contributed by atoms with van der Waals surface area (Å²) < 4.78 is 5.76. The van der Waals surface area contributed by atoms with Gasteiger partial charge in [-0.3, -0.25) is 4.79 Å². The molecule has 2 rings (SSSR count). The highest BCUT2D eigenvalue weighted by Gasteiger charge is 2.17. The molecule has 1 atom stereocenters. The van der Waals surface area contributed by atoms with Crippen LogP contribution in [-0.2, 0) is 10.2 Å². The van der Waals surface area contributed by atoms with Gasteiger partial charge in [0.1, 0.15) is 5.75 Å². The molecule has 0 bridgehead atoms. The van der Waals surface area contributed by atoms with Gasteiger partial charge in [0.2, 0.25) is 0 Å². The van der Waals surface area contributed by atoms with Gasteiger partial charge in [-0.15, -0.1) is 11.8 Å². The molecule has 0 radical (unpaired) electrons. The van der Waals surface area contributed by atoms with Crippen molar-refractivity contribution in [3.63, 3.8) is 0 Å². The molecule has 0 fully saturated rings. The van der Waals surface area contributed by atoms with Gasteiger partial charge in [-0.05, 0) is 54.5 Å². The zero-order valence-corrected chi connectivity index (χ0v) is 15.7. The van der Waals surface area contributed by atoms with E-state index in [2.05, 4.69) is 26.1 Å². The second kappa shape index (κ2) is 7.75. The van der Waals surface area contributed by atoms with Crippen molar-refractivity contribution in [3.8, 4) is 5.75 Å². The highest BCUT2D eigenvalue weighted by molar-refractivity contribution is 7.98. The fourth-order valence-electron chi connectivity index (χ4n) is 2.24. The maximum atomic E-state index is 12.3. The predicted molar refractivity (Wildman–Crippen MR) is 102 cm³/mol. The number of hydrogen-bond acceptors (Lipinski definition) is 3. The Kier molecular flexibility index (Phi) is 5.94. The van der Waals surface area contributed by atoms with E-state index in [1.165, 1.54) is 5.56 Å². The summed E-state index contributed by atoms with van der Waals surface area (Å²) in [6.45, 7) is 8.26. The van der Waals surface area contributed by atoms with Crippen LogP contribution in [0.4, 0.5) is 5.69 Å². The Bertz CT molecular complexity index is 690. The Hall–Kier alpha value is -1.94. The van der Waals surface area contributed by atoms with E-state index in [4.69, 9.17) is 4.74 Å². The lowest BCUT2D eigenvalue weighted by Crippen LogP contribution is -2.30. The average molecular weight is 343 g/mol. The SMILES string of the molecule is CSc1cccc(NC(=O)[C@@H](C)Oc2ccc(C(C)(C)C)cc2)c1. The summed E-state index contributed by atoms with van der Waals surface area (Å²) in [6, 6.07) is 15.7. The molecule has 2 aromatic rings. The molecule has 0 aliphatic heterocycles. The van der Waals surface area contributed by atoms with Crippen molar-refractivity contribution in [2.45, 2.75) is 44.1 Å². The molecule has 3 nitrogen and oxygen atoms in total. The largest absolute Gasteiger partial charge is 0.481 e. The third kappa shape index (κ3) is 5.03. The van der Waals surface area contributed by atoms with E-state index < -0.39 is 6.10 Å². The second-order valence-electron chi connectivity index (χ2n) is 6.76. The number of amides is 1. The van der Waals surface area contributed by atoms with Crippen LogP contribution >= 0.6 is 11.8 Å². The lowest BCUT2D eigenvalue weighted by molar-refractivity contribution is -0.122. The van der Waals surface area contributed by atoms with E-state index in [0.29, 0.717) is 5.75 Å². The maximum absolute atomic E-state index is 12.3. The molecular weight excluding hydrogens is 318 g/mol. The molecule has 0 aliphatic rings. The first kappa shape index (κ1) is 18.4. The molecule has 4 heteroatoms. The van der Waals surface area contributed by atoms with Crippen LogP contribution in [0.15, 0.2) is 53.4 Å². The van der Waals surface area contributed by atoms with Crippen molar-refractivity contribution in [1.29, 1.82) is 0 Å². The average Bonchev–Trinajstić information content (AvgIpc) is 2.54. The van der Waals surface area contributed by atoms with Gasteiger partial charge in [0.25, 0.3) is 5.91 Å². The van der Waals surface area contributed by atoms with Crippen LogP contribution in [0.25, 0.3) is 0 Å². The van der Waals surface area contributed by atoms with Crippen molar-refractivity contribution < 1.29 is 9.53 Å². The molecule has 0 saturated heterocycles. The second-order valence-corrected chi connectivity index (χ2v) is 7.64. The van der Waals surface area contributed by atoms with Crippen LogP contribution in [0.2, 0.25) is 0 Å². The first-order chi connectivity index (χ1) is 11.3. The summed E-state index contributed by atoms with van der Waals surface area (Å²) in [5.41, 5.74) is 2.12. The lowest BCUT2D eigenvalue weighted by atomic mass is 9.87. The van der Waals surface area contributed by atoms with E-state index >= 15 is 0 Å². The number of rotatable bonds is 5. The Morgan fingerprint density at radius 3 is 2.38 bits per heavy atom. The Labute approximate surface area is 148 Å². The summed E-state index contributed by atoms with van der Waals surface area (Å²) in [6.07, 6.45) is 1.44. The summed E-state index contributed by atoms with van der Waals surface area (Å²) in [5, 5.41) is 2.90. The van der Waals surface area contributed by atoms with Crippen LogP contribution in [0.3, 0.4) is 0 Å². The van der Waals surface area contributed by atoms with Crippen LogP contribution in [0.5, 0.6) is 5.75 Å². The van der Waals surface area contributed by atoms with Gasteiger partial charge in [0, 0.05) is 10.6 Å². The van der Waals surface area contributed by atoms with Crippen LogP contribution in [0, 0.1) is 0 Å². The number of hydrogen-bond donors (Lipinski definition) is 1. The van der Waals surface area contributed by atoms with E-state index in [1.807, 2.05) is 54.8 Å². The van der Waals surface area contributed by atoms with Gasteiger partial charge in [-0.2, -0.15) is 0 Å². The number of carbonyl (C=O) groups is 1. The highest BCUT2D eigenvalue weighted by atomic mass is 32.2. The smallest absolute Gasteiger partial charge is 0.265 e. The number of anilines is 1. The Balaban J connectivity index is 1.98. The monoisotopic (exact) mass is 343 g/mol. The van der Waals surface area contributed by atoms with Gasteiger partial charge in [0.05, 0.1) is 0 Å². The van der Waals surface area contributed by atoms with E-state index in [9.17, 15) is 4.79 Å². The fourth-order valence-corrected chi connectivity index (χ4v) is 2.70. The van der Waals surface area contributed by atoms with Gasteiger partial charge in [-0.1, -0.05) is 39.0 Å². The fraction of sp³-hybridized carbons (Fsp3) is 0.350. The number of nitrogens with one attached hydrogen (secondary N) is 1. The molecular formula is C20H25NO2S. The van der Waals surface area contributed by atoms with E-state index in [-0.39, 0.29) is 11.3 Å². The predicted octanol–water partition coefficient (Wildman–Crippen LogP) is 5.11. The third-order valence-corrected chi connectivity index (χ3v) is 4.47. The van der Waals surface area contributed by atoms with E-state index in [1.54, 1.807) is 18.7 Å². The molecule has 0 heterocycles. The van der Waals surface area contributed by atoms with Crippen LogP contribution in [-0.4, -0.2) is 18.3 Å². The summed E-state index contributed by atoms with van der Waals surface area (Å²) in [4.78, 5) is 13.4. The summed E-state index contributed by atoms with van der Waals surface area (Å²) in [7, 11) is 0. The van der Waals surface area contributed by atoms with Crippen molar-refractivity contribution in [2.75, 3.05) is 11.6 Å². The van der Waals surface area contributed by atoms with Crippen molar-refractivity contribution in [3.05, 3.63) is 54.1 Å². The lowest BCUT2D eigenvalue weighted by Gasteiger charge is -2.20. The summed E-state index contributed by atoms with van der Waals surface area (Å²) in [5.74, 6) is 0.539. The molecule has 128 valence electrons. The van der Waals surface area contributed by atoms with Crippen molar-refractivity contribution in [2.24, 2.45) is 0 Å². The quantitative estimate of drug-likeness (QED) is 0.767. The molecule has 1 N–H and O–H groups in total. The molecule has 24 heavy (non-hydrogen) atoms. The first-order valence-corrected chi connectivity index (χ1v) is 9.24. The van der Waals surface area contributed by atoms with E-state index in [0.717, 1.165) is 10.6 Å². The summed E-state index contributed by atoms with van der Waals surface area (Å²) >= 11 is 1.64. The molecule has 0 unspecified atom stereocenters. The normalized spacial score (nSPS) is 12.5. The minimum absolute atomic E-state index is 0.101. The van der Waals surface area contributed by atoms with Gasteiger partial charge < -0.3 is 10.1 Å². The Morgan fingerprint density at radius 1 is 1.12 bits per heavy atom. The zero-order chi connectivity index (χ0) is 17.7. The standard InChI is InChI=1S/C20H25NO2S/c1-14(19(22)21-16-7-6-8-18(13-16)24-5)23-17-11-9-15(10-12-17)20(2,3)4/h6-14H,1-5H3,(H,21,22)/t14-/m1/s1. The highest BCUT2D eigenvalue weighted by Crippen LogP contribution is 2.25. The Morgan fingerprint density at radius 2 is 1.79 bits per heavy atom. The van der Waals surface area contributed by atoms with Crippen LogP contribution < -0.4 is 10.1 Å². The number of thioether (sulfide) groups is 1. The zero-order valence-electron chi connectivity index (χ0n) is 14.9. The minimum Gasteiger partial charge on any atom is -0.481 e. The molecule has 0 aromatic heterocycles.